The lowest BCUT2D eigenvalue weighted by molar-refractivity contribution is 0.103. The number of benzene rings is 1. The fraction of sp³-hybridized carbons (Fsp3) is 0. The van der Waals surface area contributed by atoms with Crippen LogP contribution in [-0.4, -0.2) is 10.9 Å². The molecule has 3 nitrogen and oxygen atoms in total. The van der Waals surface area contributed by atoms with E-state index in [1.807, 2.05) is 18.2 Å². The molecule has 15 heavy (non-hydrogen) atoms. The van der Waals surface area contributed by atoms with Gasteiger partial charge in [-0.1, -0.05) is 18.7 Å². The first-order valence-corrected chi connectivity index (χ1v) is 4.67. The summed E-state index contributed by atoms with van der Waals surface area (Å²) >= 11 is 0. The number of anilines is 1. The second-order valence-electron chi connectivity index (χ2n) is 3.44. The van der Waals surface area contributed by atoms with Crippen LogP contribution in [0.2, 0.25) is 0 Å². The van der Waals surface area contributed by atoms with Crippen LogP contribution >= 0.6 is 0 Å². The first-order valence-electron chi connectivity index (χ1n) is 4.67. The third-order valence-corrected chi connectivity index (χ3v) is 2.64. The minimum atomic E-state index is -0.0568. The van der Waals surface area contributed by atoms with E-state index in [9.17, 15) is 4.79 Å². The Hall–Kier alpha value is -2.16. The van der Waals surface area contributed by atoms with E-state index in [2.05, 4.69) is 16.9 Å². The Bertz CT molecular complexity index is 602. The van der Waals surface area contributed by atoms with Crippen LogP contribution in [0.25, 0.3) is 17.0 Å². The van der Waals surface area contributed by atoms with E-state index in [4.69, 9.17) is 0 Å². The zero-order valence-corrected chi connectivity index (χ0v) is 7.95. The first kappa shape index (κ1) is 8.17. The largest absolute Gasteiger partial charge is 0.321 e. The number of hydrogen-bond acceptors (Lipinski definition) is 2. The highest BCUT2D eigenvalue weighted by molar-refractivity contribution is 6.24. The molecule has 0 aliphatic carbocycles. The molecule has 0 bridgehead atoms. The van der Waals surface area contributed by atoms with Gasteiger partial charge in [0.15, 0.2) is 0 Å². The van der Waals surface area contributed by atoms with Gasteiger partial charge in [-0.3, -0.25) is 9.78 Å². The van der Waals surface area contributed by atoms with E-state index in [1.165, 1.54) is 0 Å². The molecule has 0 unspecified atom stereocenters. The molecule has 1 N–H and O–H groups in total. The number of carbonyl (C=O) groups excluding carboxylic acids is 1. The van der Waals surface area contributed by atoms with Crippen LogP contribution in [0, 0.1) is 0 Å². The summed E-state index contributed by atoms with van der Waals surface area (Å²) in [5.74, 6) is -0.0568. The predicted octanol–water partition coefficient (Wildman–Crippen LogP) is 2.44. The van der Waals surface area contributed by atoms with Gasteiger partial charge in [-0.25, -0.2) is 0 Å². The lowest BCUT2D eigenvalue weighted by Gasteiger charge is -2.01. The van der Waals surface area contributed by atoms with E-state index >= 15 is 0 Å². The highest BCUT2D eigenvalue weighted by Crippen LogP contribution is 2.33. The van der Waals surface area contributed by atoms with Crippen molar-refractivity contribution in [2.75, 3.05) is 5.32 Å². The van der Waals surface area contributed by atoms with Crippen molar-refractivity contribution in [3.05, 3.63) is 42.1 Å². The summed E-state index contributed by atoms with van der Waals surface area (Å²) in [6.07, 6.45) is 3.44. The molecule has 0 atom stereocenters. The van der Waals surface area contributed by atoms with Crippen molar-refractivity contribution in [1.82, 2.24) is 4.98 Å². The van der Waals surface area contributed by atoms with E-state index < -0.39 is 0 Å². The third-order valence-electron chi connectivity index (χ3n) is 2.64. The molecule has 1 aliphatic rings. The van der Waals surface area contributed by atoms with Gasteiger partial charge in [0.1, 0.15) is 0 Å². The number of rotatable bonds is 1. The topological polar surface area (TPSA) is 42.0 Å². The lowest BCUT2D eigenvalue weighted by atomic mass is 10.0. The van der Waals surface area contributed by atoms with Gasteiger partial charge in [0.2, 0.25) is 0 Å². The van der Waals surface area contributed by atoms with Gasteiger partial charge in [-0.2, -0.15) is 0 Å². The van der Waals surface area contributed by atoms with Crippen molar-refractivity contribution in [1.29, 1.82) is 0 Å². The van der Waals surface area contributed by atoms with Crippen molar-refractivity contribution >= 4 is 28.6 Å². The van der Waals surface area contributed by atoms with Crippen LogP contribution in [0.5, 0.6) is 0 Å². The van der Waals surface area contributed by atoms with Crippen molar-refractivity contribution < 1.29 is 4.79 Å². The van der Waals surface area contributed by atoms with Crippen LogP contribution in [0.1, 0.15) is 15.9 Å². The third kappa shape index (κ3) is 0.944. The molecule has 3 rings (SSSR count). The summed E-state index contributed by atoms with van der Waals surface area (Å²) in [6.45, 7) is 3.73. The molecule has 2 heterocycles. The molecule has 72 valence electrons. The molecule has 1 aromatic carbocycles. The maximum atomic E-state index is 11.6. The number of nitrogens with zero attached hydrogens (tertiary/aromatic N) is 1. The number of aromatic nitrogens is 1. The number of hydrogen-bond donors (Lipinski definition) is 1. The SMILES string of the molecule is C=Cc1ccc2c3c(ccnc13)NC2=O. The highest BCUT2D eigenvalue weighted by atomic mass is 16.1. The smallest absolute Gasteiger partial charge is 0.256 e. The van der Waals surface area contributed by atoms with Crippen molar-refractivity contribution in [2.45, 2.75) is 0 Å². The second-order valence-corrected chi connectivity index (χ2v) is 3.44. The van der Waals surface area contributed by atoms with E-state index in [0.29, 0.717) is 5.56 Å². The summed E-state index contributed by atoms with van der Waals surface area (Å²) < 4.78 is 0. The Morgan fingerprint density at radius 1 is 1.33 bits per heavy atom. The molecule has 0 saturated heterocycles. The van der Waals surface area contributed by atoms with Gasteiger partial charge in [0, 0.05) is 17.1 Å². The fourth-order valence-corrected chi connectivity index (χ4v) is 1.94. The van der Waals surface area contributed by atoms with E-state index in [-0.39, 0.29) is 5.91 Å². The maximum Gasteiger partial charge on any atom is 0.256 e. The lowest BCUT2D eigenvalue weighted by Crippen LogP contribution is -2.03. The first-order chi connectivity index (χ1) is 7.31. The zero-order chi connectivity index (χ0) is 10.4. The summed E-state index contributed by atoms with van der Waals surface area (Å²) in [5, 5.41) is 3.71. The van der Waals surface area contributed by atoms with Crippen molar-refractivity contribution in [3.63, 3.8) is 0 Å². The molecular weight excluding hydrogens is 188 g/mol. The molecule has 0 radical (unpaired) electrons. The highest BCUT2D eigenvalue weighted by Gasteiger charge is 2.22. The summed E-state index contributed by atoms with van der Waals surface area (Å²) in [6, 6.07) is 5.49. The summed E-state index contributed by atoms with van der Waals surface area (Å²) in [4.78, 5) is 15.9. The summed E-state index contributed by atoms with van der Waals surface area (Å²) in [5.41, 5.74) is 3.31. The Kier molecular flexibility index (Phi) is 1.45. The van der Waals surface area contributed by atoms with E-state index in [0.717, 1.165) is 22.2 Å². The van der Waals surface area contributed by atoms with Crippen molar-refractivity contribution in [2.24, 2.45) is 0 Å². The molecule has 0 saturated carbocycles. The second kappa shape index (κ2) is 2.67. The summed E-state index contributed by atoms with van der Waals surface area (Å²) in [7, 11) is 0. The maximum absolute atomic E-state index is 11.6. The standard InChI is InChI=1S/C12H8N2O/c1-2-7-3-4-8-10-9(14-12(8)15)5-6-13-11(7)10/h2-6H,1H2,(H,14,15). The van der Waals surface area contributed by atoms with Gasteiger partial charge >= 0.3 is 0 Å². The average molecular weight is 196 g/mol. The van der Waals surface area contributed by atoms with Crippen LogP contribution < -0.4 is 5.32 Å². The molecule has 3 heteroatoms. The van der Waals surface area contributed by atoms with Gasteiger partial charge in [-0.05, 0) is 12.1 Å². The number of carbonyl (C=O) groups is 1. The molecule has 1 aromatic heterocycles. The molecule has 2 aromatic rings. The monoisotopic (exact) mass is 196 g/mol. The Labute approximate surface area is 86.4 Å². The molecule has 0 fully saturated rings. The molecular formula is C12H8N2O. The quantitative estimate of drug-likeness (QED) is 0.761. The number of pyridine rings is 1. The number of nitrogens with one attached hydrogen (secondary N) is 1. The normalized spacial score (nSPS) is 12.9. The molecule has 1 aliphatic heterocycles. The van der Waals surface area contributed by atoms with Crippen LogP contribution in [0.4, 0.5) is 5.69 Å². The van der Waals surface area contributed by atoms with Gasteiger partial charge in [0.25, 0.3) is 5.91 Å². The predicted molar refractivity (Wildman–Crippen MR) is 59.8 cm³/mol. The number of amides is 1. The van der Waals surface area contributed by atoms with Crippen LogP contribution in [-0.2, 0) is 0 Å². The average Bonchev–Trinajstić information content (AvgIpc) is 2.58. The van der Waals surface area contributed by atoms with Crippen LogP contribution in [0.3, 0.4) is 0 Å². The Morgan fingerprint density at radius 3 is 3.00 bits per heavy atom. The molecule has 1 amide bonds. The Balaban J connectivity index is 2.55. The van der Waals surface area contributed by atoms with Crippen molar-refractivity contribution in [3.8, 4) is 0 Å². The van der Waals surface area contributed by atoms with Gasteiger partial charge in [0.05, 0.1) is 16.8 Å². The molecule has 0 spiro atoms. The van der Waals surface area contributed by atoms with Crippen LogP contribution in [0.15, 0.2) is 31.0 Å². The fourth-order valence-electron chi connectivity index (χ4n) is 1.94. The van der Waals surface area contributed by atoms with Gasteiger partial charge in [-0.15, -0.1) is 0 Å². The minimum absolute atomic E-state index is 0.0568. The zero-order valence-electron chi connectivity index (χ0n) is 7.95. The van der Waals surface area contributed by atoms with Gasteiger partial charge < -0.3 is 5.32 Å². The Morgan fingerprint density at radius 2 is 2.20 bits per heavy atom. The van der Waals surface area contributed by atoms with E-state index in [1.54, 1.807) is 12.3 Å². The minimum Gasteiger partial charge on any atom is -0.321 e.